The summed E-state index contributed by atoms with van der Waals surface area (Å²) in [6.07, 6.45) is 5.45. The highest BCUT2D eigenvalue weighted by atomic mass is 14.8. The molecule has 0 N–H and O–H groups in total. The van der Waals surface area contributed by atoms with E-state index in [9.17, 15) is 0 Å². The van der Waals surface area contributed by atoms with E-state index in [0.29, 0.717) is 0 Å². The van der Waals surface area contributed by atoms with Crippen molar-refractivity contribution in [2.45, 2.75) is 0 Å². The number of hydrogen-bond donors (Lipinski definition) is 0. The molecule has 0 radical (unpaired) electrons. The van der Waals surface area contributed by atoms with Crippen molar-refractivity contribution in [3.8, 4) is 56.3 Å². The van der Waals surface area contributed by atoms with Crippen LogP contribution in [0.1, 0.15) is 0 Å². The van der Waals surface area contributed by atoms with Crippen LogP contribution in [-0.4, -0.2) is 34.9 Å². The molecule has 7 heterocycles. The summed E-state index contributed by atoms with van der Waals surface area (Å²) in [6, 6.07) is 58.6. The molecule has 0 atom stereocenters. The lowest BCUT2D eigenvalue weighted by Gasteiger charge is -2.13. The maximum Gasteiger partial charge on any atom is 0.0972 e. The van der Waals surface area contributed by atoms with E-state index in [2.05, 4.69) is 138 Å². The molecule has 0 spiro atoms. The fourth-order valence-corrected chi connectivity index (χ4v) is 8.26. The lowest BCUT2D eigenvalue weighted by molar-refractivity contribution is 1.28. The normalized spacial score (nSPS) is 11.7. The third kappa shape index (κ3) is 5.87. The summed E-state index contributed by atoms with van der Waals surface area (Å²) >= 11 is 0. The molecule has 0 saturated heterocycles. The van der Waals surface area contributed by atoms with E-state index in [1.807, 2.05) is 48.8 Å². The van der Waals surface area contributed by atoms with Crippen LogP contribution < -0.4 is 0 Å². The Morgan fingerprint density at radius 2 is 0.717 bits per heavy atom. The van der Waals surface area contributed by atoms with Gasteiger partial charge in [0.05, 0.1) is 61.6 Å². The Morgan fingerprint density at radius 3 is 1.35 bits per heavy atom. The first-order valence-electron chi connectivity index (χ1n) is 19.9. The summed E-state index contributed by atoms with van der Waals surface area (Å²) in [7, 11) is 0. The minimum atomic E-state index is 0.846. The molecule has 5 aromatic carbocycles. The van der Waals surface area contributed by atoms with E-state index in [4.69, 9.17) is 29.9 Å². The molecule has 0 aliphatic rings. The number of pyridine rings is 7. The van der Waals surface area contributed by atoms with E-state index in [1.165, 1.54) is 0 Å². The van der Waals surface area contributed by atoms with Gasteiger partial charge in [0, 0.05) is 67.6 Å². The zero-order chi connectivity index (χ0) is 39.6. The van der Waals surface area contributed by atoms with Gasteiger partial charge in [-0.15, -0.1) is 0 Å². The Labute approximate surface area is 343 Å². The van der Waals surface area contributed by atoms with Crippen LogP contribution in [0, 0.1) is 0 Å². The van der Waals surface area contributed by atoms with Gasteiger partial charge >= 0.3 is 0 Å². The van der Waals surface area contributed by atoms with Gasteiger partial charge in [-0.25, -0.2) is 19.9 Å². The van der Waals surface area contributed by atoms with Crippen molar-refractivity contribution in [1.29, 1.82) is 0 Å². The molecule has 0 fully saturated rings. The van der Waals surface area contributed by atoms with E-state index in [1.54, 1.807) is 6.20 Å². The fourth-order valence-electron chi connectivity index (χ4n) is 8.26. The van der Waals surface area contributed by atoms with Gasteiger partial charge < -0.3 is 0 Å². The summed E-state index contributed by atoms with van der Waals surface area (Å²) in [5, 5.41) is 6.33. The molecule has 0 unspecified atom stereocenters. The standard InChI is InChI=1S/C53H31N7/c1-2-24-54-47(7-1)48-23-14-32-8-13-38(31-49(32)58-48)37-17-21-43-39(27-37)18-22-44(57-43)40-28-41(45-19-15-35-11-9-33-5-3-25-55-50(33)52(35)59-45)30-42(29-40)46-20-16-36-12-10-34-6-4-26-56-51(34)53(36)60-46/h1-31H. The van der Waals surface area contributed by atoms with Gasteiger partial charge in [0.25, 0.3) is 0 Å². The van der Waals surface area contributed by atoms with Crippen LogP contribution in [0.5, 0.6) is 0 Å². The molecule has 60 heavy (non-hydrogen) atoms. The predicted molar refractivity (Wildman–Crippen MR) is 243 cm³/mol. The predicted octanol–water partition coefficient (Wildman–Crippen LogP) is 12.7. The smallest absolute Gasteiger partial charge is 0.0972 e. The second-order valence-corrected chi connectivity index (χ2v) is 15.0. The molecule has 278 valence electrons. The zero-order valence-corrected chi connectivity index (χ0v) is 32.0. The Morgan fingerprint density at radius 1 is 0.233 bits per heavy atom. The average molecular weight is 766 g/mol. The second-order valence-electron chi connectivity index (χ2n) is 15.0. The van der Waals surface area contributed by atoms with Crippen LogP contribution in [0.3, 0.4) is 0 Å². The third-order valence-corrected chi connectivity index (χ3v) is 11.3. The van der Waals surface area contributed by atoms with Crippen LogP contribution in [-0.2, 0) is 0 Å². The summed E-state index contributed by atoms with van der Waals surface area (Å²) in [4.78, 5) is 34.6. The van der Waals surface area contributed by atoms with E-state index >= 15 is 0 Å². The molecule has 7 heteroatoms. The highest BCUT2D eigenvalue weighted by Gasteiger charge is 2.15. The SMILES string of the molecule is c1ccc(-c2ccc3ccc(-c4ccc5nc(-c6cc(-c7ccc8ccc9cccnc9c8n7)cc(-c7ccc8ccc9cccnc9c8n7)c6)ccc5c4)cc3n2)nc1. The lowest BCUT2D eigenvalue weighted by Crippen LogP contribution is -1.93. The minimum Gasteiger partial charge on any atom is -0.255 e. The largest absolute Gasteiger partial charge is 0.255 e. The van der Waals surface area contributed by atoms with Gasteiger partial charge in [0.2, 0.25) is 0 Å². The Balaban J connectivity index is 0.976. The first kappa shape index (κ1) is 33.8. The van der Waals surface area contributed by atoms with Crippen LogP contribution in [0.4, 0.5) is 0 Å². The van der Waals surface area contributed by atoms with E-state index in [0.717, 1.165) is 122 Å². The van der Waals surface area contributed by atoms with Gasteiger partial charge in [-0.1, -0.05) is 84.9 Å². The highest BCUT2D eigenvalue weighted by Crippen LogP contribution is 2.36. The van der Waals surface area contributed by atoms with Crippen LogP contribution >= 0.6 is 0 Å². The van der Waals surface area contributed by atoms with Crippen LogP contribution in [0.25, 0.3) is 122 Å². The fraction of sp³-hybridized carbons (Fsp3) is 0. The molecular weight excluding hydrogens is 735 g/mol. The number of fused-ring (bicyclic) bond motifs is 8. The molecule has 12 aromatic rings. The van der Waals surface area contributed by atoms with Gasteiger partial charge in [-0.2, -0.15) is 0 Å². The summed E-state index contributed by atoms with van der Waals surface area (Å²) in [5.41, 5.74) is 14.7. The first-order chi connectivity index (χ1) is 29.7. The molecule has 0 amide bonds. The molecule has 0 aliphatic heterocycles. The van der Waals surface area contributed by atoms with Crippen molar-refractivity contribution >= 4 is 65.4 Å². The number of rotatable bonds is 5. The number of benzene rings is 5. The maximum absolute atomic E-state index is 5.25. The highest BCUT2D eigenvalue weighted by molar-refractivity contribution is 6.05. The van der Waals surface area contributed by atoms with Gasteiger partial charge in [0.15, 0.2) is 0 Å². The molecule has 0 saturated carbocycles. The monoisotopic (exact) mass is 765 g/mol. The van der Waals surface area contributed by atoms with E-state index in [-0.39, 0.29) is 0 Å². The number of aromatic nitrogens is 7. The van der Waals surface area contributed by atoms with Crippen molar-refractivity contribution in [3.05, 3.63) is 188 Å². The van der Waals surface area contributed by atoms with Gasteiger partial charge in [0.1, 0.15) is 0 Å². The third-order valence-electron chi connectivity index (χ3n) is 11.3. The number of nitrogens with zero attached hydrogens (tertiary/aromatic N) is 7. The summed E-state index contributed by atoms with van der Waals surface area (Å²) < 4.78 is 0. The van der Waals surface area contributed by atoms with Gasteiger partial charge in [-0.05, 0) is 96.1 Å². The summed E-state index contributed by atoms with van der Waals surface area (Å²) in [5.74, 6) is 0. The molecule has 0 bridgehead atoms. The minimum absolute atomic E-state index is 0.846. The average Bonchev–Trinajstić information content (AvgIpc) is 3.33. The summed E-state index contributed by atoms with van der Waals surface area (Å²) in [6.45, 7) is 0. The molecular formula is C53H31N7. The Hall–Kier alpha value is -8.29. The molecule has 7 nitrogen and oxygen atoms in total. The van der Waals surface area contributed by atoms with Crippen molar-refractivity contribution in [3.63, 3.8) is 0 Å². The Bertz CT molecular complexity index is 3540. The number of hydrogen-bond acceptors (Lipinski definition) is 7. The van der Waals surface area contributed by atoms with Crippen molar-refractivity contribution in [2.75, 3.05) is 0 Å². The van der Waals surface area contributed by atoms with Crippen molar-refractivity contribution in [2.24, 2.45) is 0 Å². The Kier molecular flexibility index (Phi) is 7.71. The first-order valence-corrected chi connectivity index (χ1v) is 19.9. The van der Waals surface area contributed by atoms with Crippen molar-refractivity contribution in [1.82, 2.24) is 34.9 Å². The molecule has 7 aromatic heterocycles. The maximum atomic E-state index is 5.25. The second kappa shape index (κ2) is 13.7. The lowest BCUT2D eigenvalue weighted by atomic mass is 9.97. The topological polar surface area (TPSA) is 90.2 Å². The molecule has 0 aliphatic carbocycles. The van der Waals surface area contributed by atoms with Gasteiger partial charge in [-0.3, -0.25) is 15.0 Å². The molecule has 12 rings (SSSR count). The van der Waals surface area contributed by atoms with E-state index < -0.39 is 0 Å². The zero-order valence-electron chi connectivity index (χ0n) is 32.0. The van der Waals surface area contributed by atoms with Crippen LogP contribution in [0.2, 0.25) is 0 Å². The van der Waals surface area contributed by atoms with Crippen molar-refractivity contribution < 1.29 is 0 Å². The quantitative estimate of drug-likeness (QED) is 0.161. The van der Waals surface area contributed by atoms with Crippen LogP contribution in [0.15, 0.2) is 188 Å².